The summed E-state index contributed by atoms with van der Waals surface area (Å²) in [5, 5.41) is 3.67. The molecule has 98 valence electrons. The van der Waals surface area contributed by atoms with E-state index in [2.05, 4.69) is 12.4 Å². The van der Waals surface area contributed by atoms with Gasteiger partial charge in [0.1, 0.15) is 0 Å². The highest BCUT2D eigenvalue weighted by Crippen LogP contribution is 2.57. The van der Waals surface area contributed by atoms with Gasteiger partial charge in [-0.2, -0.15) is 0 Å². The van der Waals surface area contributed by atoms with Crippen molar-refractivity contribution in [3.05, 3.63) is 0 Å². The largest absolute Gasteiger partial charge is 0.317 e. The Hall–Kier alpha value is -0.0400. The molecule has 1 nitrogen and oxygen atoms in total. The second-order valence-corrected chi connectivity index (χ2v) is 6.82. The standard InChI is InChI=1S/C16H29N/c1-17-15(11-12-7-3-2-4-8-12)16-13-9-5-6-10-14(13)16/h12-17H,2-11H2,1H3. The SMILES string of the molecule is CNC(CC1CCCCC1)C1C2CCCCC21. The molecule has 0 aromatic heterocycles. The van der Waals surface area contributed by atoms with Crippen LogP contribution in [-0.4, -0.2) is 13.1 Å². The molecule has 0 spiro atoms. The van der Waals surface area contributed by atoms with Crippen LogP contribution in [0.15, 0.2) is 0 Å². The monoisotopic (exact) mass is 235 g/mol. The molecule has 0 amide bonds. The summed E-state index contributed by atoms with van der Waals surface area (Å²) >= 11 is 0. The van der Waals surface area contributed by atoms with Crippen molar-refractivity contribution in [1.82, 2.24) is 5.32 Å². The fraction of sp³-hybridized carbons (Fsp3) is 1.00. The highest BCUT2D eigenvalue weighted by atomic mass is 14.9. The minimum atomic E-state index is 0.853. The van der Waals surface area contributed by atoms with E-state index in [1.54, 1.807) is 0 Å². The zero-order valence-electron chi connectivity index (χ0n) is 11.5. The van der Waals surface area contributed by atoms with Crippen molar-refractivity contribution in [3.8, 4) is 0 Å². The van der Waals surface area contributed by atoms with Crippen LogP contribution in [0.1, 0.15) is 64.2 Å². The molecule has 17 heavy (non-hydrogen) atoms. The van der Waals surface area contributed by atoms with E-state index in [-0.39, 0.29) is 0 Å². The van der Waals surface area contributed by atoms with Crippen molar-refractivity contribution in [2.24, 2.45) is 23.7 Å². The van der Waals surface area contributed by atoms with E-state index in [1.807, 2.05) is 0 Å². The molecule has 1 heteroatoms. The Balaban J connectivity index is 1.52. The maximum atomic E-state index is 3.67. The quantitative estimate of drug-likeness (QED) is 0.777. The smallest absolute Gasteiger partial charge is 0.0100 e. The average Bonchev–Trinajstić information content (AvgIpc) is 3.11. The van der Waals surface area contributed by atoms with Crippen molar-refractivity contribution in [2.45, 2.75) is 70.3 Å². The lowest BCUT2D eigenvalue weighted by molar-refractivity contribution is 0.283. The summed E-state index contributed by atoms with van der Waals surface area (Å²) in [5.74, 6) is 4.34. The molecular weight excluding hydrogens is 206 g/mol. The zero-order chi connectivity index (χ0) is 11.7. The molecule has 0 aliphatic heterocycles. The van der Waals surface area contributed by atoms with Gasteiger partial charge >= 0.3 is 0 Å². The van der Waals surface area contributed by atoms with Crippen LogP contribution in [0.3, 0.4) is 0 Å². The van der Waals surface area contributed by atoms with Gasteiger partial charge in [-0.15, -0.1) is 0 Å². The first-order valence-corrected chi connectivity index (χ1v) is 8.07. The molecule has 3 aliphatic carbocycles. The molecule has 1 N–H and O–H groups in total. The van der Waals surface area contributed by atoms with Crippen LogP contribution >= 0.6 is 0 Å². The highest BCUT2D eigenvalue weighted by Gasteiger charge is 2.53. The maximum absolute atomic E-state index is 3.67. The first-order valence-electron chi connectivity index (χ1n) is 8.07. The molecule has 0 aromatic carbocycles. The normalized spacial score (nSPS) is 39.7. The molecule has 3 atom stereocenters. The number of rotatable bonds is 4. The van der Waals surface area contributed by atoms with Crippen LogP contribution in [0.4, 0.5) is 0 Å². The number of hydrogen-bond donors (Lipinski definition) is 1. The van der Waals surface area contributed by atoms with Crippen molar-refractivity contribution in [2.75, 3.05) is 7.05 Å². The van der Waals surface area contributed by atoms with Gasteiger partial charge in [0.25, 0.3) is 0 Å². The summed E-state index contributed by atoms with van der Waals surface area (Å²) in [7, 11) is 2.21. The van der Waals surface area contributed by atoms with Gasteiger partial charge in [0.2, 0.25) is 0 Å². The second-order valence-electron chi connectivity index (χ2n) is 6.82. The van der Waals surface area contributed by atoms with E-state index in [0.717, 1.165) is 29.7 Å². The fourth-order valence-electron chi connectivity index (χ4n) is 4.89. The zero-order valence-corrected chi connectivity index (χ0v) is 11.5. The van der Waals surface area contributed by atoms with E-state index in [1.165, 1.54) is 64.2 Å². The summed E-state index contributed by atoms with van der Waals surface area (Å²) in [4.78, 5) is 0. The lowest BCUT2D eigenvalue weighted by Gasteiger charge is -2.27. The summed E-state index contributed by atoms with van der Waals surface area (Å²) in [6.45, 7) is 0. The minimum absolute atomic E-state index is 0.853. The first kappa shape index (κ1) is 12.0. The Morgan fingerprint density at radius 1 is 0.882 bits per heavy atom. The van der Waals surface area contributed by atoms with Crippen LogP contribution in [0.5, 0.6) is 0 Å². The molecule has 0 aromatic rings. The van der Waals surface area contributed by atoms with Crippen molar-refractivity contribution in [1.29, 1.82) is 0 Å². The van der Waals surface area contributed by atoms with Crippen LogP contribution in [0.2, 0.25) is 0 Å². The summed E-state index contributed by atoms with van der Waals surface area (Å²) in [5.41, 5.74) is 0. The molecule has 0 saturated heterocycles. The molecule has 3 aliphatic rings. The van der Waals surface area contributed by atoms with E-state index >= 15 is 0 Å². The molecule has 3 saturated carbocycles. The van der Waals surface area contributed by atoms with Crippen LogP contribution < -0.4 is 5.32 Å². The third-order valence-corrected chi connectivity index (χ3v) is 5.87. The minimum Gasteiger partial charge on any atom is -0.317 e. The number of fused-ring (bicyclic) bond motifs is 1. The maximum Gasteiger partial charge on any atom is 0.0100 e. The van der Waals surface area contributed by atoms with E-state index in [9.17, 15) is 0 Å². The predicted molar refractivity (Wildman–Crippen MR) is 73.0 cm³/mol. The lowest BCUT2D eigenvalue weighted by Crippen LogP contribution is -2.31. The van der Waals surface area contributed by atoms with Gasteiger partial charge in [-0.1, -0.05) is 44.9 Å². The third-order valence-electron chi connectivity index (χ3n) is 5.87. The molecule has 0 bridgehead atoms. The van der Waals surface area contributed by atoms with E-state index in [4.69, 9.17) is 0 Å². The van der Waals surface area contributed by atoms with Gasteiger partial charge in [-0.3, -0.25) is 0 Å². The Kier molecular flexibility index (Phi) is 3.75. The molecule has 3 unspecified atom stereocenters. The first-order chi connectivity index (χ1) is 8.40. The average molecular weight is 235 g/mol. The second kappa shape index (κ2) is 5.30. The van der Waals surface area contributed by atoms with Gasteiger partial charge in [-0.25, -0.2) is 0 Å². The number of hydrogen-bond acceptors (Lipinski definition) is 1. The summed E-state index contributed by atoms with van der Waals surface area (Å²) < 4.78 is 0. The van der Waals surface area contributed by atoms with Gasteiger partial charge in [0, 0.05) is 6.04 Å². The highest BCUT2D eigenvalue weighted by molar-refractivity contribution is 5.04. The van der Waals surface area contributed by atoms with E-state index in [0.29, 0.717) is 0 Å². The third kappa shape index (κ3) is 2.54. The Labute approximate surface area is 107 Å². The van der Waals surface area contributed by atoms with Crippen LogP contribution in [-0.2, 0) is 0 Å². The van der Waals surface area contributed by atoms with Gasteiger partial charge in [0.05, 0.1) is 0 Å². The van der Waals surface area contributed by atoms with Crippen molar-refractivity contribution < 1.29 is 0 Å². The lowest BCUT2D eigenvalue weighted by atomic mass is 9.83. The summed E-state index contributed by atoms with van der Waals surface area (Å²) in [6, 6.07) is 0.853. The molecular formula is C16H29N. The van der Waals surface area contributed by atoms with Gasteiger partial charge < -0.3 is 5.32 Å². The topological polar surface area (TPSA) is 12.0 Å². The van der Waals surface area contributed by atoms with E-state index < -0.39 is 0 Å². The van der Waals surface area contributed by atoms with Crippen LogP contribution in [0, 0.1) is 23.7 Å². The fourth-order valence-corrected chi connectivity index (χ4v) is 4.89. The predicted octanol–water partition coefficient (Wildman–Crippen LogP) is 3.98. The molecule has 0 radical (unpaired) electrons. The van der Waals surface area contributed by atoms with Crippen molar-refractivity contribution >= 4 is 0 Å². The number of nitrogens with one attached hydrogen (secondary N) is 1. The Morgan fingerprint density at radius 2 is 1.47 bits per heavy atom. The van der Waals surface area contributed by atoms with Gasteiger partial charge in [0.15, 0.2) is 0 Å². The molecule has 3 fully saturated rings. The Bertz CT molecular complexity index is 232. The molecule has 3 rings (SSSR count). The molecule has 0 heterocycles. The van der Waals surface area contributed by atoms with Gasteiger partial charge in [-0.05, 0) is 50.0 Å². The van der Waals surface area contributed by atoms with Crippen molar-refractivity contribution in [3.63, 3.8) is 0 Å². The van der Waals surface area contributed by atoms with Crippen LogP contribution in [0.25, 0.3) is 0 Å². The summed E-state index contributed by atoms with van der Waals surface area (Å²) in [6.07, 6.45) is 15.1. The Morgan fingerprint density at radius 3 is 2.06 bits per heavy atom.